The van der Waals surface area contributed by atoms with Crippen LogP contribution >= 0.6 is 0 Å². The van der Waals surface area contributed by atoms with Gasteiger partial charge in [0.15, 0.2) is 5.72 Å². The Hall–Kier alpha value is -2.15. The van der Waals surface area contributed by atoms with E-state index in [1.54, 1.807) is 11.1 Å². The fourth-order valence-corrected chi connectivity index (χ4v) is 5.64. The molecule has 6 nitrogen and oxygen atoms in total. The number of hydrogen-bond donors (Lipinski definition) is 2. The summed E-state index contributed by atoms with van der Waals surface area (Å²) in [6.07, 6.45) is 4.79. The van der Waals surface area contributed by atoms with Crippen LogP contribution in [0.5, 0.6) is 0 Å². The lowest BCUT2D eigenvalue weighted by Gasteiger charge is -2.56. The predicted octanol–water partition coefficient (Wildman–Crippen LogP) is 1.49. The summed E-state index contributed by atoms with van der Waals surface area (Å²) in [5.74, 6) is -0.504. The first-order valence-corrected chi connectivity index (χ1v) is 9.48. The van der Waals surface area contributed by atoms with Crippen LogP contribution in [0.1, 0.15) is 25.3 Å². The first-order chi connectivity index (χ1) is 13.0. The lowest BCUT2D eigenvalue weighted by Crippen LogP contribution is -2.72. The number of rotatable bonds is 1. The number of piperidine rings is 2. The van der Waals surface area contributed by atoms with Gasteiger partial charge in [-0.25, -0.2) is 4.79 Å². The average molecular weight is 368 g/mol. The Kier molecular flexibility index (Phi) is 3.42. The van der Waals surface area contributed by atoms with E-state index in [1.165, 1.54) is 7.11 Å². The van der Waals surface area contributed by atoms with Crippen molar-refractivity contribution in [3.63, 3.8) is 0 Å². The minimum atomic E-state index is -1.51. The normalized spacial score (nSPS) is 38.3. The van der Waals surface area contributed by atoms with Crippen LogP contribution in [0.15, 0.2) is 47.7 Å². The second kappa shape index (κ2) is 5.44. The highest BCUT2D eigenvalue weighted by Crippen LogP contribution is 2.59. The van der Waals surface area contributed by atoms with Crippen LogP contribution < -0.4 is 4.90 Å². The molecule has 4 unspecified atom stereocenters. The second-order valence-electron chi connectivity index (χ2n) is 7.94. The number of hydrogen-bond acceptors (Lipinski definition) is 6. The van der Waals surface area contributed by atoms with Gasteiger partial charge in [-0.1, -0.05) is 29.8 Å². The number of ether oxygens (including phenoxy) is 1. The summed E-state index contributed by atoms with van der Waals surface area (Å²) >= 11 is 0. The number of fused-ring (bicyclic) bond motifs is 4. The first-order valence-electron chi connectivity index (χ1n) is 9.48. The number of carbonyl (C=O) groups is 1. The molecule has 0 amide bonds. The molecule has 4 aliphatic rings. The summed E-state index contributed by atoms with van der Waals surface area (Å²) in [4.78, 5) is 16.6. The minimum absolute atomic E-state index is 0.118. The second-order valence-corrected chi connectivity index (χ2v) is 7.94. The van der Waals surface area contributed by atoms with E-state index < -0.39 is 11.3 Å². The van der Waals surface area contributed by atoms with Gasteiger partial charge >= 0.3 is 5.97 Å². The standard InChI is InChI=1S/C21H24N2O4/c1-3-13-11-22-9-8-20(25)16-6-4-5-7-17(16)23-12-15(19(24)27-2)14(13)10-18(22)21(20,23)26/h3-7,12,14,18,25-26H,8-11H2,1-2H3/b13-3+. The topological polar surface area (TPSA) is 73.2 Å². The molecule has 2 saturated heterocycles. The third-order valence-corrected chi connectivity index (χ3v) is 6.98. The number of allylic oxidation sites excluding steroid dienone is 1. The van der Waals surface area contributed by atoms with Gasteiger partial charge in [0.2, 0.25) is 0 Å². The summed E-state index contributed by atoms with van der Waals surface area (Å²) < 4.78 is 5.07. The van der Waals surface area contributed by atoms with Crippen molar-refractivity contribution in [2.24, 2.45) is 5.92 Å². The van der Waals surface area contributed by atoms with Crippen molar-refractivity contribution in [3.05, 3.63) is 53.3 Å². The summed E-state index contributed by atoms with van der Waals surface area (Å²) in [5, 5.41) is 23.7. The quantitative estimate of drug-likeness (QED) is 0.578. The summed E-state index contributed by atoms with van der Waals surface area (Å²) in [5.41, 5.74) is 0.286. The zero-order valence-electron chi connectivity index (χ0n) is 15.6. The molecule has 4 heterocycles. The van der Waals surface area contributed by atoms with Gasteiger partial charge in [0, 0.05) is 36.5 Å². The highest BCUT2D eigenvalue weighted by Gasteiger charge is 2.69. The number of esters is 1. The summed E-state index contributed by atoms with van der Waals surface area (Å²) in [6, 6.07) is 7.26. The SMILES string of the molecule is C/C=C1\CN2CCC3(O)c4ccccc4N4C=C(C(=O)OC)C1CC2C43O. The third-order valence-electron chi connectivity index (χ3n) is 6.98. The van der Waals surface area contributed by atoms with Crippen molar-refractivity contribution in [2.75, 3.05) is 25.1 Å². The van der Waals surface area contributed by atoms with Crippen LogP contribution in [0.3, 0.4) is 0 Å². The smallest absolute Gasteiger partial charge is 0.335 e. The number of methoxy groups -OCH3 is 1. The average Bonchev–Trinajstić information content (AvgIpc) is 2.80. The number of benzene rings is 1. The Morgan fingerprint density at radius 3 is 2.85 bits per heavy atom. The van der Waals surface area contributed by atoms with Crippen molar-refractivity contribution < 1.29 is 19.7 Å². The molecule has 142 valence electrons. The molecule has 2 N–H and O–H groups in total. The maximum atomic E-state index is 12.6. The molecular formula is C21H24N2O4. The van der Waals surface area contributed by atoms with E-state index in [0.717, 1.165) is 16.8 Å². The highest BCUT2D eigenvalue weighted by atomic mass is 16.5. The van der Waals surface area contributed by atoms with E-state index in [0.29, 0.717) is 31.5 Å². The van der Waals surface area contributed by atoms with E-state index in [1.807, 2.05) is 31.2 Å². The molecule has 0 aromatic heterocycles. The maximum Gasteiger partial charge on any atom is 0.335 e. The zero-order valence-corrected chi connectivity index (χ0v) is 15.6. The third kappa shape index (κ3) is 1.88. The highest BCUT2D eigenvalue weighted by molar-refractivity contribution is 5.91. The Labute approximate surface area is 158 Å². The Balaban J connectivity index is 1.80. The van der Waals surface area contributed by atoms with E-state index in [4.69, 9.17) is 4.74 Å². The van der Waals surface area contributed by atoms with Gasteiger partial charge in [-0.3, -0.25) is 4.90 Å². The molecule has 2 fully saturated rings. The molecule has 2 bridgehead atoms. The predicted molar refractivity (Wildman–Crippen MR) is 99.7 cm³/mol. The number of anilines is 1. The molecule has 5 rings (SSSR count). The van der Waals surface area contributed by atoms with Crippen molar-refractivity contribution in [1.82, 2.24) is 4.90 Å². The van der Waals surface area contributed by atoms with Gasteiger partial charge < -0.3 is 19.8 Å². The molecule has 0 saturated carbocycles. The lowest BCUT2D eigenvalue weighted by molar-refractivity contribution is -0.214. The van der Waals surface area contributed by atoms with Crippen LogP contribution in [0.2, 0.25) is 0 Å². The molecule has 4 atom stereocenters. The number of nitrogens with zero attached hydrogens (tertiary/aromatic N) is 2. The summed E-state index contributed by atoms with van der Waals surface area (Å²) in [7, 11) is 1.38. The van der Waals surface area contributed by atoms with Gasteiger partial charge in [0.25, 0.3) is 0 Å². The van der Waals surface area contributed by atoms with Gasteiger partial charge in [0.05, 0.1) is 18.7 Å². The molecule has 1 aromatic rings. The molecule has 0 spiro atoms. The van der Waals surface area contributed by atoms with Crippen LogP contribution in [0.25, 0.3) is 0 Å². The largest absolute Gasteiger partial charge is 0.466 e. The van der Waals surface area contributed by atoms with Gasteiger partial charge in [-0.15, -0.1) is 0 Å². The van der Waals surface area contributed by atoms with Gasteiger partial charge in [-0.05, 0) is 25.8 Å². The van der Waals surface area contributed by atoms with E-state index >= 15 is 0 Å². The van der Waals surface area contributed by atoms with Gasteiger partial charge in [0.1, 0.15) is 5.60 Å². The number of para-hydroxylation sites is 1. The molecule has 0 aliphatic carbocycles. The molecule has 4 aliphatic heterocycles. The molecule has 27 heavy (non-hydrogen) atoms. The van der Waals surface area contributed by atoms with Crippen molar-refractivity contribution >= 4 is 11.7 Å². The van der Waals surface area contributed by atoms with Gasteiger partial charge in [-0.2, -0.15) is 0 Å². The van der Waals surface area contributed by atoms with Crippen LogP contribution in [-0.2, 0) is 15.1 Å². The van der Waals surface area contributed by atoms with E-state index in [-0.39, 0.29) is 17.9 Å². The molecular weight excluding hydrogens is 344 g/mol. The Bertz CT molecular complexity index is 894. The zero-order chi connectivity index (χ0) is 19.0. The Morgan fingerprint density at radius 2 is 2.11 bits per heavy atom. The lowest BCUT2D eigenvalue weighted by atomic mass is 9.70. The molecule has 6 heteroatoms. The fourth-order valence-electron chi connectivity index (χ4n) is 5.64. The number of aliphatic hydroxyl groups is 2. The van der Waals surface area contributed by atoms with Crippen LogP contribution in [0, 0.1) is 5.92 Å². The monoisotopic (exact) mass is 368 g/mol. The fraction of sp³-hybridized carbons (Fsp3) is 0.476. The number of carbonyl (C=O) groups excluding carboxylic acids is 1. The van der Waals surface area contributed by atoms with Crippen LogP contribution in [0.4, 0.5) is 5.69 Å². The van der Waals surface area contributed by atoms with E-state index in [2.05, 4.69) is 11.0 Å². The first kappa shape index (κ1) is 17.0. The van der Waals surface area contributed by atoms with Crippen molar-refractivity contribution in [2.45, 2.75) is 37.1 Å². The molecule has 0 radical (unpaired) electrons. The van der Waals surface area contributed by atoms with Crippen LogP contribution in [-0.4, -0.2) is 53.0 Å². The van der Waals surface area contributed by atoms with Crippen molar-refractivity contribution in [3.8, 4) is 0 Å². The molecule has 1 aromatic carbocycles. The maximum absolute atomic E-state index is 12.6. The van der Waals surface area contributed by atoms with E-state index in [9.17, 15) is 15.0 Å². The van der Waals surface area contributed by atoms with Crippen molar-refractivity contribution in [1.29, 1.82) is 0 Å². The Morgan fingerprint density at radius 1 is 1.33 bits per heavy atom. The summed E-state index contributed by atoms with van der Waals surface area (Å²) in [6.45, 7) is 3.37. The minimum Gasteiger partial charge on any atom is -0.466 e.